The number of nitrogens with one attached hydrogen (secondary N) is 2. The van der Waals surface area contributed by atoms with Gasteiger partial charge in [0.25, 0.3) is 11.6 Å². The van der Waals surface area contributed by atoms with Gasteiger partial charge in [0.15, 0.2) is 10.9 Å². The van der Waals surface area contributed by atoms with Gasteiger partial charge in [0, 0.05) is 23.4 Å². The van der Waals surface area contributed by atoms with Crippen LogP contribution in [-0.2, 0) is 0 Å². The van der Waals surface area contributed by atoms with Crippen LogP contribution in [0.4, 0.5) is 17.1 Å². The number of hydrogen-bond donors (Lipinski definition) is 2. The lowest BCUT2D eigenvalue weighted by Crippen LogP contribution is -2.34. The molecule has 0 fully saturated rings. The highest BCUT2D eigenvalue weighted by Gasteiger charge is 2.19. The van der Waals surface area contributed by atoms with E-state index < -0.39 is 15.8 Å². The van der Waals surface area contributed by atoms with Crippen LogP contribution >= 0.6 is 23.8 Å². The number of benzene rings is 2. The van der Waals surface area contributed by atoms with E-state index in [9.17, 15) is 25.0 Å². The van der Waals surface area contributed by atoms with E-state index >= 15 is 0 Å². The molecule has 0 aromatic heterocycles. The first kappa shape index (κ1) is 21.0. The normalized spacial score (nSPS) is 10.1. The summed E-state index contributed by atoms with van der Waals surface area (Å²) in [5.74, 6) is -0.674. The summed E-state index contributed by atoms with van der Waals surface area (Å²) < 4.78 is 4.88. The number of thiocarbonyl (C=S) groups is 1. The van der Waals surface area contributed by atoms with Crippen molar-refractivity contribution in [2.75, 3.05) is 12.4 Å². The summed E-state index contributed by atoms with van der Waals surface area (Å²) in [4.78, 5) is 33.0. The van der Waals surface area contributed by atoms with Crippen LogP contribution < -0.4 is 15.4 Å². The van der Waals surface area contributed by atoms with Crippen molar-refractivity contribution in [2.24, 2.45) is 0 Å². The van der Waals surface area contributed by atoms with Gasteiger partial charge in [-0.2, -0.15) is 0 Å². The standard InChI is InChI=1S/C16H13ClN4O6S/c1-8-5-12(20(23)24)10(17)7-11(8)18-16(28)19-15(22)9-3-4-14(27-2)13(6-9)21(25)26/h3-7H,1-2H3,(H2,18,19,22,28). The molecule has 28 heavy (non-hydrogen) atoms. The third kappa shape index (κ3) is 4.69. The molecule has 0 spiro atoms. The van der Waals surface area contributed by atoms with Crippen molar-refractivity contribution in [1.82, 2.24) is 5.32 Å². The second kappa shape index (κ2) is 8.59. The third-order valence-corrected chi connectivity index (χ3v) is 4.11. The maximum absolute atomic E-state index is 12.3. The van der Waals surface area contributed by atoms with Crippen LogP contribution in [0.5, 0.6) is 5.75 Å². The van der Waals surface area contributed by atoms with Gasteiger partial charge < -0.3 is 10.1 Å². The Morgan fingerprint density at radius 2 is 1.79 bits per heavy atom. The minimum atomic E-state index is -0.686. The van der Waals surface area contributed by atoms with Crippen LogP contribution in [0.3, 0.4) is 0 Å². The van der Waals surface area contributed by atoms with Crippen LogP contribution in [0.15, 0.2) is 30.3 Å². The van der Waals surface area contributed by atoms with E-state index in [1.165, 1.54) is 31.4 Å². The van der Waals surface area contributed by atoms with Crippen LogP contribution in [0.25, 0.3) is 0 Å². The molecule has 2 rings (SSSR count). The molecule has 0 unspecified atom stereocenters. The van der Waals surface area contributed by atoms with Crippen molar-refractivity contribution in [1.29, 1.82) is 0 Å². The Morgan fingerprint density at radius 1 is 1.14 bits per heavy atom. The largest absolute Gasteiger partial charge is 0.490 e. The second-order valence-corrected chi connectivity index (χ2v) is 6.24. The highest BCUT2D eigenvalue weighted by Crippen LogP contribution is 2.30. The Balaban J connectivity index is 2.17. The molecular weight excluding hydrogens is 412 g/mol. The number of halogens is 1. The zero-order valence-electron chi connectivity index (χ0n) is 14.5. The highest BCUT2D eigenvalue weighted by atomic mass is 35.5. The number of carbonyl (C=O) groups is 1. The van der Waals surface area contributed by atoms with E-state index in [-0.39, 0.29) is 32.8 Å². The van der Waals surface area contributed by atoms with Crippen molar-refractivity contribution in [3.63, 3.8) is 0 Å². The molecule has 0 radical (unpaired) electrons. The first-order chi connectivity index (χ1) is 13.1. The van der Waals surface area contributed by atoms with E-state index in [1.54, 1.807) is 6.92 Å². The van der Waals surface area contributed by atoms with E-state index in [0.29, 0.717) is 11.3 Å². The second-order valence-electron chi connectivity index (χ2n) is 5.43. The fraction of sp³-hybridized carbons (Fsp3) is 0.125. The van der Waals surface area contributed by atoms with Gasteiger partial charge in [0.05, 0.1) is 17.0 Å². The lowest BCUT2D eigenvalue weighted by atomic mass is 10.1. The number of aryl methyl sites for hydroxylation is 1. The maximum atomic E-state index is 12.3. The number of carbonyl (C=O) groups excluding carboxylic acids is 1. The molecule has 10 nitrogen and oxygen atoms in total. The van der Waals surface area contributed by atoms with Crippen molar-refractivity contribution in [2.45, 2.75) is 6.92 Å². The van der Waals surface area contributed by atoms with Gasteiger partial charge in [-0.15, -0.1) is 0 Å². The zero-order chi connectivity index (χ0) is 21.0. The number of rotatable bonds is 5. The van der Waals surface area contributed by atoms with Crippen LogP contribution in [-0.4, -0.2) is 28.0 Å². The summed E-state index contributed by atoms with van der Waals surface area (Å²) in [7, 11) is 1.28. The summed E-state index contributed by atoms with van der Waals surface area (Å²) >= 11 is 10.9. The fourth-order valence-electron chi connectivity index (χ4n) is 2.24. The lowest BCUT2D eigenvalue weighted by molar-refractivity contribution is -0.385. The molecule has 0 saturated heterocycles. The Labute approximate surface area is 168 Å². The molecule has 12 heteroatoms. The van der Waals surface area contributed by atoms with Crippen molar-refractivity contribution >= 4 is 51.9 Å². The van der Waals surface area contributed by atoms with Crippen molar-refractivity contribution < 1.29 is 19.4 Å². The van der Waals surface area contributed by atoms with Crippen molar-refractivity contribution in [3.05, 3.63) is 66.7 Å². The molecule has 0 atom stereocenters. The van der Waals surface area contributed by atoms with Crippen LogP contribution in [0.1, 0.15) is 15.9 Å². The molecule has 0 bridgehead atoms. The van der Waals surface area contributed by atoms with E-state index in [2.05, 4.69) is 10.6 Å². The van der Waals surface area contributed by atoms with E-state index in [0.717, 1.165) is 6.07 Å². The van der Waals surface area contributed by atoms with E-state index in [4.69, 9.17) is 28.6 Å². The Hall–Kier alpha value is -3.31. The lowest BCUT2D eigenvalue weighted by Gasteiger charge is -2.12. The van der Waals surface area contributed by atoms with Gasteiger partial charge in [0.2, 0.25) is 0 Å². The van der Waals surface area contributed by atoms with Crippen LogP contribution in [0, 0.1) is 27.2 Å². The van der Waals surface area contributed by atoms with Crippen molar-refractivity contribution in [3.8, 4) is 5.75 Å². The van der Waals surface area contributed by atoms with E-state index in [1.807, 2.05) is 0 Å². The SMILES string of the molecule is COc1ccc(C(=O)NC(=S)Nc2cc(Cl)c([N+](=O)[O-])cc2C)cc1[N+](=O)[O-]. The third-order valence-electron chi connectivity index (χ3n) is 3.60. The summed E-state index contributed by atoms with van der Waals surface area (Å²) in [5.41, 5.74) is 0.210. The average molecular weight is 425 g/mol. The summed E-state index contributed by atoms with van der Waals surface area (Å²) in [5, 5.41) is 26.8. The Morgan fingerprint density at radius 3 is 2.36 bits per heavy atom. The summed E-state index contributed by atoms with van der Waals surface area (Å²) in [6.07, 6.45) is 0. The number of ether oxygens (including phenoxy) is 1. The zero-order valence-corrected chi connectivity index (χ0v) is 16.1. The molecule has 2 aromatic carbocycles. The maximum Gasteiger partial charge on any atom is 0.311 e. The highest BCUT2D eigenvalue weighted by molar-refractivity contribution is 7.80. The molecule has 0 aliphatic carbocycles. The smallest absolute Gasteiger partial charge is 0.311 e. The fourth-order valence-corrected chi connectivity index (χ4v) is 2.68. The van der Waals surface area contributed by atoms with Gasteiger partial charge in [0.1, 0.15) is 5.02 Å². The number of methoxy groups -OCH3 is 1. The Bertz CT molecular complexity index is 997. The molecule has 2 N–H and O–H groups in total. The predicted molar refractivity (Wildman–Crippen MR) is 106 cm³/mol. The first-order valence-corrected chi connectivity index (χ1v) is 8.32. The molecule has 0 aliphatic rings. The quantitative estimate of drug-likeness (QED) is 0.422. The average Bonchev–Trinajstić information content (AvgIpc) is 2.63. The van der Waals surface area contributed by atoms with Gasteiger partial charge in [-0.05, 0) is 42.9 Å². The number of nitrogens with zero attached hydrogens (tertiary/aromatic N) is 2. The molecular formula is C16H13ClN4O6S. The molecule has 0 aliphatic heterocycles. The molecule has 0 saturated carbocycles. The number of nitro groups is 2. The monoisotopic (exact) mass is 424 g/mol. The summed E-state index contributed by atoms with van der Waals surface area (Å²) in [6.45, 7) is 1.60. The molecule has 0 heterocycles. The number of anilines is 1. The molecule has 1 amide bonds. The number of hydrogen-bond acceptors (Lipinski definition) is 7. The van der Waals surface area contributed by atoms with Gasteiger partial charge in [-0.3, -0.25) is 30.3 Å². The number of amides is 1. The summed E-state index contributed by atoms with van der Waals surface area (Å²) in [6, 6.07) is 6.28. The minimum absolute atomic E-state index is 0.00453. The topological polar surface area (TPSA) is 137 Å². The predicted octanol–water partition coefficient (Wildman–Crippen LogP) is 3.60. The minimum Gasteiger partial charge on any atom is -0.490 e. The van der Waals surface area contributed by atoms with Gasteiger partial charge >= 0.3 is 5.69 Å². The Kier molecular flexibility index (Phi) is 6.44. The molecule has 2 aromatic rings. The first-order valence-electron chi connectivity index (χ1n) is 7.53. The van der Waals surface area contributed by atoms with Gasteiger partial charge in [-0.1, -0.05) is 11.6 Å². The number of nitro benzene ring substituents is 2. The molecule has 146 valence electrons. The van der Waals surface area contributed by atoms with Gasteiger partial charge in [-0.25, -0.2) is 0 Å². The van der Waals surface area contributed by atoms with Crippen LogP contribution in [0.2, 0.25) is 5.02 Å².